The highest BCUT2D eigenvalue weighted by atomic mass is 16.6. The van der Waals surface area contributed by atoms with E-state index in [0.717, 1.165) is 22.4 Å². The van der Waals surface area contributed by atoms with E-state index in [4.69, 9.17) is 9.47 Å². The predicted octanol–water partition coefficient (Wildman–Crippen LogP) is 3.54. The van der Waals surface area contributed by atoms with Crippen LogP contribution in [0.2, 0.25) is 0 Å². The predicted molar refractivity (Wildman–Crippen MR) is 99.7 cm³/mol. The van der Waals surface area contributed by atoms with Crippen LogP contribution in [0.3, 0.4) is 0 Å². The molecule has 1 unspecified atom stereocenters. The van der Waals surface area contributed by atoms with Crippen LogP contribution >= 0.6 is 0 Å². The average Bonchev–Trinajstić information content (AvgIpc) is 2.71. The van der Waals surface area contributed by atoms with Crippen molar-refractivity contribution in [3.8, 4) is 11.5 Å². The number of hydrogen-bond acceptors (Lipinski definition) is 4. The minimum absolute atomic E-state index is 0.0199. The van der Waals surface area contributed by atoms with Crippen LogP contribution in [0.4, 0.5) is 0 Å². The second-order valence-electron chi connectivity index (χ2n) is 6.22. The summed E-state index contributed by atoms with van der Waals surface area (Å²) in [6.45, 7) is 3.47. The number of rotatable bonds is 4. The molecule has 5 nitrogen and oxygen atoms in total. The number of para-hydroxylation sites is 3. The number of ether oxygens (including phenoxy) is 2. The number of benzene rings is 2. The number of likely N-dealkylation sites (N-methyl/N-ethyl adjacent to an activating group) is 1. The van der Waals surface area contributed by atoms with Crippen LogP contribution in [0.15, 0.2) is 60.8 Å². The number of hydrogen-bond donors (Lipinski definition) is 0. The molecule has 0 aliphatic carbocycles. The number of pyridine rings is 1. The van der Waals surface area contributed by atoms with Crippen LogP contribution in [0.25, 0.3) is 10.9 Å². The summed E-state index contributed by atoms with van der Waals surface area (Å²) in [4.78, 5) is 19.2. The van der Waals surface area contributed by atoms with Crippen molar-refractivity contribution in [1.82, 2.24) is 9.88 Å². The molecule has 5 heteroatoms. The van der Waals surface area contributed by atoms with Crippen LogP contribution in [-0.2, 0) is 0 Å². The van der Waals surface area contributed by atoms with E-state index in [1.807, 2.05) is 55.5 Å². The topological polar surface area (TPSA) is 51.7 Å². The fourth-order valence-corrected chi connectivity index (χ4v) is 3.21. The van der Waals surface area contributed by atoms with Gasteiger partial charge in [0, 0.05) is 18.1 Å². The molecule has 1 aliphatic rings. The third-order valence-corrected chi connectivity index (χ3v) is 4.54. The summed E-state index contributed by atoms with van der Waals surface area (Å²) in [5, 5.41) is 0.865. The maximum Gasteiger partial charge on any atom is 0.254 e. The molecular formula is C21H20N2O3. The van der Waals surface area contributed by atoms with Gasteiger partial charge in [-0.3, -0.25) is 9.78 Å². The second kappa shape index (κ2) is 7.04. The van der Waals surface area contributed by atoms with E-state index in [1.165, 1.54) is 0 Å². The molecule has 2 heterocycles. The molecule has 26 heavy (non-hydrogen) atoms. The van der Waals surface area contributed by atoms with E-state index in [9.17, 15) is 4.79 Å². The zero-order valence-electron chi connectivity index (χ0n) is 14.6. The molecule has 1 amide bonds. The van der Waals surface area contributed by atoms with Gasteiger partial charge in [-0.15, -0.1) is 0 Å². The Morgan fingerprint density at radius 2 is 1.88 bits per heavy atom. The highest BCUT2D eigenvalue weighted by Gasteiger charge is 2.26. The molecule has 0 bridgehead atoms. The first-order chi connectivity index (χ1) is 12.8. The van der Waals surface area contributed by atoms with E-state index in [1.54, 1.807) is 17.2 Å². The second-order valence-corrected chi connectivity index (χ2v) is 6.22. The lowest BCUT2D eigenvalue weighted by Gasteiger charge is -2.31. The molecule has 0 spiro atoms. The summed E-state index contributed by atoms with van der Waals surface area (Å²) < 4.78 is 11.8. The number of amides is 1. The van der Waals surface area contributed by atoms with Crippen LogP contribution in [0.1, 0.15) is 17.3 Å². The van der Waals surface area contributed by atoms with Crippen molar-refractivity contribution in [2.45, 2.75) is 13.0 Å². The third kappa shape index (κ3) is 3.08. The molecule has 2 aromatic carbocycles. The average molecular weight is 348 g/mol. The lowest BCUT2D eigenvalue weighted by Crippen LogP contribution is -2.43. The maximum absolute atomic E-state index is 13.1. The van der Waals surface area contributed by atoms with Gasteiger partial charge in [0.05, 0.1) is 17.6 Å². The monoisotopic (exact) mass is 348 g/mol. The van der Waals surface area contributed by atoms with Gasteiger partial charge in [-0.25, -0.2) is 0 Å². The lowest BCUT2D eigenvalue weighted by atomic mass is 10.1. The van der Waals surface area contributed by atoms with Crippen LogP contribution in [0.5, 0.6) is 11.5 Å². The van der Waals surface area contributed by atoms with Gasteiger partial charge in [0.25, 0.3) is 5.91 Å². The SMILES string of the molecule is CCN(CC1COc2ccccc2O1)C(=O)c1ccnc2ccccc12. The van der Waals surface area contributed by atoms with E-state index in [2.05, 4.69) is 4.98 Å². The number of carbonyl (C=O) groups is 1. The molecule has 1 aliphatic heterocycles. The zero-order chi connectivity index (χ0) is 17.9. The fourth-order valence-electron chi connectivity index (χ4n) is 3.21. The summed E-state index contributed by atoms with van der Waals surface area (Å²) in [5.74, 6) is 1.45. The Hall–Kier alpha value is -3.08. The van der Waals surface area contributed by atoms with E-state index in [0.29, 0.717) is 25.3 Å². The molecule has 132 valence electrons. The van der Waals surface area contributed by atoms with Crippen molar-refractivity contribution in [1.29, 1.82) is 0 Å². The highest BCUT2D eigenvalue weighted by Crippen LogP contribution is 2.31. The summed E-state index contributed by atoms with van der Waals surface area (Å²) in [5.41, 5.74) is 1.48. The van der Waals surface area contributed by atoms with Gasteiger partial charge in [-0.2, -0.15) is 0 Å². The smallest absolute Gasteiger partial charge is 0.254 e. The first kappa shape index (κ1) is 16.4. The number of nitrogens with zero attached hydrogens (tertiary/aromatic N) is 2. The standard InChI is InChI=1S/C21H20N2O3/c1-2-23(13-15-14-25-19-9-5-6-10-20(19)26-15)21(24)17-11-12-22-18-8-4-3-7-16(17)18/h3-12,15H,2,13-14H2,1H3. The van der Waals surface area contributed by atoms with Gasteiger partial charge in [-0.1, -0.05) is 30.3 Å². The van der Waals surface area contributed by atoms with Crippen LogP contribution in [-0.4, -0.2) is 41.6 Å². The van der Waals surface area contributed by atoms with Crippen molar-refractivity contribution in [3.05, 3.63) is 66.4 Å². The molecule has 0 saturated carbocycles. The quantitative estimate of drug-likeness (QED) is 0.724. The lowest BCUT2D eigenvalue weighted by molar-refractivity contribution is 0.0476. The Morgan fingerprint density at radius 1 is 1.12 bits per heavy atom. The fraction of sp³-hybridized carbons (Fsp3) is 0.238. The van der Waals surface area contributed by atoms with Crippen molar-refractivity contribution in [3.63, 3.8) is 0 Å². The van der Waals surface area contributed by atoms with Crippen molar-refractivity contribution in [2.75, 3.05) is 19.7 Å². The summed E-state index contributed by atoms with van der Waals surface area (Å²) in [6, 6.07) is 17.1. The van der Waals surface area contributed by atoms with Crippen molar-refractivity contribution in [2.24, 2.45) is 0 Å². The van der Waals surface area contributed by atoms with Crippen LogP contribution in [0, 0.1) is 0 Å². The van der Waals surface area contributed by atoms with Gasteiger partial charge in [-0.05, 0) is 31.2 Å². The van der Waals surface area contributed by atoms with Gasteiger partial charge in [0.15, 0.2) is 17.6 Å². The summed E-state index contributed by atoms with van der Waals surface area (Å²) in [6.07, 6.45) is 1.49. The van der Waals surface area contributed by atoms with E-state index >= 15 is 0 Å². The molecular weight excluding hydrogens is 328 g/mol. The van der Waals surface area contributed by atoms with Crippen molar-refractivity contribution < 1.29 is 14.3 Å². The minimum atomic E-state index is -0.193. The summed E-state index contributed by atoms with van der Waals surface area (Å²) >= 11 is 0. The molecule has 0 fully saturated rings. The normalized spacial score (nSPS) is 15.7. The molecule has 0 N–H and O–H groups in total. The van der Waals surface area contributed by atoms with Gasteiger partial charge in [0.2, 0.25) is 0 Å². The summed E-state index contributed by atoms with van der Waals surface area (Å²) in [7, 11) is 0. The first-order valence-corrected chi connectivity index (χ1v) is 8.77. The van der Waals surface area contributed by atoms with Gasteiger partial charge >= 0.3 is 0 Å². The Morgan fingerprint density at radius 3 is 2.73 bits per heavy atom. The Labute approximate surface area is 152 Å². The third-order valence-electron chi connectivity index (χ3n) is 4.54. The number of aromatic nitrogens is 1. The Balaban J connectivity index is 1.55. The van der Waals surface area contributed by atoms with Gasteiger partial charge < -0.3 is 14.4 Å². The highest BCUT2D eigenvalue weighted by molar-refractivity contribution is 6.05. The zero-order valence-corrected chi connectivity index (χ0v) is 14.6. The number of carbonyl (C=O) groups excluding carboxylic acids is 1. The number of fused-ring (bicyclic) bond motifs is 2. The first-order valence-electron chi connectivity index (χ1n) is 8.77. The van der Waals surface area contributed by atoms with Gasteiger partial charge in [0.1, 0.15) is 6.61 Å². The Bertz CT molecular complexity index is 936. The van der Waals surface area contributed by atoms with E-state index < -0.39 is 0 Å². The molecule has 3 aromatic rings. The minimum Gasteiger partial charge on any atom is -0.486 e. The molecule has 1 aromatic heterocycles. The molecule has 0 saturated heterocycles. The Kier molecular flexibility index (Phi) is 4.44. The van der Waals surface area contributed by atoms with Crippen molar-refractivity contribution >= 4 is 16.8 Å². The molecule has 1 atom stereocenters. The van der Waals surface area contributed by atoms with E-state index in [-0.39, 0.29) is 12.0 Å². The molecule has 0 radical (unpaired) electrons. The molecule has 4 rings (SSSR count). The maximum atomic E-state index is 13.1. The largest absolute Gasteiger partial charge is 0.486 e. The van der Waals surface area contributed by atoms with Crippen LogP contribution < -0.4 is 9.47 Å².